The number of benzene rings is 1. The molecule has 1 rings (SSSR count). The molecule has 1 aromatic rings. The molecule has 0 saturated heterocycles. The van der Waals surface area contributed by atoms with Crippen molar-refractivity contribution in [1.82, 2.24) is 0 Å². The number of rotatable bonds is 5. The van der Waals surface area contributed by atoms with E-state index in [2.05, 4.69) is 0 Å². The summed E-state index contributed by atoms with van der Waals surface area (Å²) in [6.07, 6.45) is 0.845. The second-order valence-electron chi connectivity index (χ2n) is 3.24. The van der Waals surface area contributed by atoms with Gasteiger partial charge in [0.15, 0.2) is 5.78 Å². The van der Waals surface area contributed by atoms with Crippen LogP contribution < -0.4 is 4.74 Å². The van der Waals surface area contributed by atoms with Gasteiger partial charge in [-0.1, -0.05) is 6.92 Å². The van der Waals surface area contributed by atoms with Crippen LogP contribution in [0, 0.1) is 0 Å². The van der Waals surface area contributed by atoms with E-state index in [0.29, 0.717) is 5.56 Å². The van der Waals surface area contributed by atoms with Gasteiger partial charge in [0.2, 0.25) is 0 Å². The first-order valence-corrected chi connectivity index (χ1v) is 4.92. The van der Waals surface area contributed by atoms with Gasteiger partial charge in [-0.2, -0.15) is 0 Å². The zero-order chi connectivity index (χ0) is 11.3. The largest absolute Gasteiger partial charge is 0.496 e. The summed E-state index contributed by atoms with van der Waals surface area (Å²) >= 11 is 0. The number of Topliss-reactive ketones (excluding diaryl/α,β-unsaturated/α-hetero) is 1. The van der Waals surface area contributed by atoms with E-state index in [-0.39, 0.29) is 12.4 Å². The third-order valence-corrected chi connectivity index (χ3v) is 2.26. The molecule has 0 aromatic heterocycles. The normalized spacial score (nSPS) is 10.1. The maximum atomic E-state index is 11.5. The van der Waals surface area contributed by atoms with Crippen LogP contribution in [0.4, 0.5) is 0 Å². The Morgan fingerprint density at radius 1 is 1.33 bits per heavy atom. The average molecular weight is 208 g/mol. The fraction of sp³-hybridized carbons (Fsp3) is 0.417. The van der Waals surface area contributed by atoms with Crippen LogP contribution in [0.15, 0.2) is 18.2 Å². The van der Waals surface area contributed by atoms with Crippen LogP contribution in [0.3, 0.4) is 0 Å². The van der Waals surface area contributed by atoms with Crippen LogP contribution in [-0.2, 0) is 11.2 Å². The monoisotopic (exact) mass is 208 g/mol. The minimum Gasteiger partial charge on any atom is -0.496 e. The lowest BCUT2D eigenvalue weighted by Gasteiger charge is -2.08. The minimum absolute atomic E-state index is 0.00477. The van der Waals surface area contributed by atoms with Gasteiger partial charge in [0.05, 0.1) is 7.11 Å². The molecule has 0 aliphatic carbocycles. The lowest BCUT2D eigenvalue weighted by atomic mass is 10.0. The van der Waals surface area contributed by atoms with Crippen molar-refractivity contribution in [2.45, 2.75) is 13.3 Å². The van der Waals surface area contributed by atoms with Gasteiger partial charge in [0.25, 0.3) is 0 Å². The maximum Gasteiger partial charge on any atom is 0.188 e. The van der Waals surface area contributed by atoms with E-state index in [1.165, 1.54) is 7.11 Å². The molecule has 0 aliphatic rings. The smallest absolute Gasteiger partial charge is 0.188 e. The van der Waals surface area contributed by atoms with Gasteiger partial charge < -0.3 is 9.47 Å². The van der Waals surface area contributed by atoms with Crippen molar-refractivity contribution in [2.24, 2.45) is 0 Å². The molecule has 0 fully saturated rings. The summed E-state index contributed by atoms with van der Waals surface area (Å²) in [5, 5.41) is 0. The molecule has 3 heteroatoms. The van der Waals surface area contributed by atoms with Crippen molar-refractivity contribution >= 4 is 5.78 Å². The molecular formula is C12H16O3. The summed E-state index contributed by atoms with van der Waals surface area (Å²) in [5.41, 5.74) is 1.72. The molecule has 0 saturated carbocycles. The molecule has 0 spiro atoms. The summed E-state index contributed by atoms with van der Waals surface area (Å²) in [4.78, 5) is 11.5. The van der Waals surface area contributed by atoms with E-state index in [1.807, 2.05) is 19.1 Å². The standard InChI is InChI=1S/C12H16O3/c1-4-9-7-10(11(13)8-14-2)5-6-12(9)15-3/h5-7H,4,8H2,1-3H3. The Balaban J connectivity index is 2.97. The SMILES string of the molecule is CCc1cc(C(=O)COC)ccc1OC. The van der Waals surface area contributed by atoms with E-state index >= 15 is 0 Å². The van der Waals surface area contributed by atoms with Crippen molar-refractivity contribution < 1.29 is 14.3 Å². The molecule has 0 bridgehead atoms. The molecule has 0 heterocycles. The van der Waals surface area contributed by atoms with E-state index < -0.39 is 0 Å². The predicted molar refractivity (Wildman–Crippen MR) is 58.6 cm³/mol. The Hall–Kier alpha value is -1.35. The molecular weight excluding hydrogens is 192 g/mol. The number of hydrogen-bond acceptors (Lipinski definition) is 3. The molecule has 0 atom stereocenters. The molecule has 0 aliphatic heterocycles. The molecule has 0 N–H and O–H groups in total. The van der Waals surface area contributed by atoms with E-state index in [1.54, 1.807) is 13.2 Å². The number of hydrogen-bond donors (Lipinski definition) is 0. The van der Waals surface area contributed by atoms with Crippen molar-refractivity contribution in [2.75, 3.05) is 20.8 Å². The topological polar surface area (TPSA) is 35.5 Å². The maximum absolute atomic E-state index is 11.5. The Morgan fingerprint density at radius 2 is 2.07 bits per heavy atom. The van der Waals surface area contributed by atoms with Gasteiger partial charge in [0, 0.05) is 12.7 Å². The van der Waals surface area contributed by atoms with E-state index in [4.69, 9.17) is 9.47 Å². The summed E-state index contributed by atoms with van der Waals surface area (Å²) in [7, 11) is 3.15. The number of ether oxygens (including phenoxy) is 2. The quantitative estimate of drug-likeness (QED) is 0.695. The van der Waals surface area contributed by atoms with E-state index in [9.17, 15) is 4.79 Å². The van der Waals surface area contributed by atoms with Crippen molar-refractivity contribution in [3.05, 3.63) is 29.3 Å². The fourth-order valence-electron chi connectivity index (χ4n) is 1.44. The van der Waals surface area contributed by atoms with Gasteiger partial charge in [-0.15, -0.1) is 0 Å². The lowest BCUT2D eigenvalue weighted by molar-refractivity contribution is 0.0848. The predicted octanol–water partition coefficient (Wildman–Crippen LogP) is 2.09. The molecule has 0 amide bonds. The van der Waals surface area contributed by atoms with Crippen molar-refractivity contribution in [3.8, 4) is 5.75 Å². The number of ketones is 1. The summed E-state index contributed by atoms with van der Waals surface area (Å²) in [6, 6.07) is 5.45. The van der Waals surface area contributed by atoms with Crippen LogP contribution in [0.25, 0.3) is 0 Å². The molecule has 0 unspecified atom stereocenters. The van der Waals surface area contributed by atoms with Crippen LogP contribution in [0.2, 0.25) is 0 Å². The molecule has 0 radical (unpaired) electrons. The zero-order valence-corrected chi connectivity index (χ0v) is 9.37. The number of carbonyl (C=O) groups is 1. The second kappa shape index (κ2) is 5.51. The third-order valence-electron chi connectivity index (χ3n) is 2.26. The molecule has 82 valence electrons. The molecule has 15 heavy (non-hydrogen) atoms. The number of aryl methyl sites for hydroxylation is 1. The molecule has 3 nitrogen and oxygen atoms in total. The summed E-state index contributed by atoms with van der Waals surface area (Å²) in [6.45, 7) is 2.15. The van der Waals surface area contributed by atoms with Crippen molar-refractivity contribution in [3.63, 3.8) is 0 Å². The highest BCUT2D eigenvalue weighted by Crippen LogP contribution is 2.20. The molecule has 1 aromatic carbocycles. The van der Waals surface area contributed by atoms with Gasteiger partial charge in [0.1, 0.15) is 12.4 Å². The van der Waals surface area contributed by atoms with Crippen LogP contribution >= 0.6 is 0 Å². The second-order valence-corrected chi connectivity index (χ2v) is 3.24. The lowest BCUT2D eigenvalue weighted by Crippen LogP contribution is -2.07. The zero-order valence-electron chi connectivity index (χ0n) is 9.37. The van der Waals surface area contributed by atoms with E-state index in [0.717, 1.165) is 17.7 Å². The number of carbonyl (C=O) groups excluding carboxylic acids is 1. The fourth-order valence-corrected chi connectivity index (χ4v) is 1.44. The first-order chi connectivity index (χ1) is 7.22. The first kappa shape index (κ1) is 11.7. The van der Waals surface area contributed by atoms with Gasteiger partial charge >= 0.3 is 0 Å². The van der Waals surface area contributed by atoms with Gasteiger partial charge in [-0.25, -0.2) is 0 Å². The Morgan fingerprint density at radius 3 is 2.60 bits per heavy atom. The summed E-state index contributed by atoms with van der Waals surface area (Å²) < 4.78 is 10.00. The third kappa shape index (κ3) is 2.80. The minimum atomic E-state index is -0.00477. The highest BCUT2D eigenvalue weighted by Gasteiger charge is 2.08. The Bertz CT molecular complexity index is 345. The van der Waals surface area contributed by atoms with Crippen molar-refractivity contribution in [1.29, 1.82) is 0 Å². The van der Waals surface area contributed by atoms with Crippen LogP contribution in [0.5, 0.6) is 5.75 Å². The van der Waals surface area contributed by atoms with Gasteiger partial charge in [-0.3, -0.25) is 4.79 Å². The summed E-state index contributed by atoms with van der Waals surface area (Å²) in [5.74, 6) is 0.821. The first-order valence-electron chi connectivity index (χ1n) is 4.92. The number of methoxy groups -OCH3 is 2. The van der Waals surface area contributed by atoms with Crippen LogP contribution in [-0.4, -0.2) is 26.6 Å². The van der Waals surface area contributed by atoms with Crippen LogP contribution in [0.1, 0.15) is 22.8 Å². The Labute approximate surface area is 90.0 Å². The van der Waals surface area contributed by atoms with Gasteiger partial charge in [-0.05, 0) is 30.2 Å². The average Bonchev–Trinajstić information content (AvgIpc) is 2.28. The highest BCUT2D eigenvalue weighted by atomic mass is 16.5. The Kier molecular flexibility index (Phi) is 4.31. The highest BCUT2D eigenvalue weighted by molar-refractivity contribution is 5.97.